The van der Waals surface area contributed by atoms with Crippen LogP contribution >= 0.6 is 0 Å². The molecule has 26 heavy (non-hydrogen) atoms. The molecule has 0 fully saturated rings. The summed E-state index contributed by atoms with van der Waals surface area (Å²) in [5.41, 5.74) is 9.32. The molecule has 0 saturated heterocycles. The largest absolute Gasteiger partial charge is 0.459 e. The topological polar surface area (TPSA) is 64.3 Å². The van der Waals surface area contributed by atoms with Crippen molar-refractivity contribution in [3.05, 3.63) is 102 Å². The van der Waals surface area contributed by atoms with Gasteiger partial charge in [0.1, 0.15) is 12.6 Å². The molecule has 4 heteroatoms. The number of hydrogen-bond acceptors (Lipinski definition) is 4. The molecule has 0 heterocycles. The van der Waals surface area contributed by atoms with Crippen molar-refractivity contribution in [1.29, 1.82) is 0 Å². The van der Waals surface area contributed by atoms with Crippen molar-refractivity contribution in [2.75, 3.05) is 5.73 Å². The summed E-state index contributed by atoms with van der Waals surface area (Å²) < 4.78 is 5.53. The molecular weight excluding hydrogens is 324 g/mol. The summed E-state index contributed by atoms with van der Waals surface area (Å²) in [6.07, 6.45) is 0. The maximum Gasteiger partial charge on any atom is 0.328 e. The van der Waals surface area contributed by atoms with E-state index in [0.717, 1.165) is 16.7 Å². The number of nitrogen functional groups attached to an aromatic ring is 1. The van der Waals surface area contributed by atoms with Crippen molar-refractivity contribution in [2.24, 2.45) is 0 Å². The van der Waals surface area contributed by atoms with E-state index in [4.69, 9.17) is 10.5 Å². The van der Waals surface area contributed by atoms with Crippen molar-refractivity contribution in [1.82, 2.24) is 5.32 Å². The number of hydrogen-bond donors (Lipinski definition) is 2. The SMILES string of the molecule is Nc1ccccc1COC(=O)C(NCc1ccccc1)c1ccccc1. The normalized spacial score (nSPS) is 11.7. The molecule has 0 spiro atoms. The van der Waals surface area contributed by atoms with Crippen LogP contribution in [0.15, 0.2) is 84.9 Å². The van der Waals surface area contributed by atoms with Gasteiger partial charge in [0.2, 0.25) is 0 Å². The zero-order chi connectivity index (χ0) is 18.2. The van der Waals surface area contributed by atoms with E-state index < -0.39 is 6.04 Å². The summed E-state index contributed by atoms with van der Waals surface area (Å²) in [6, 6.07) is 26.4. The Balaban J connectivity index is 1.70. The third kappa shape index (κ3) is 4.71. The lowest BCUT2D eigenvalue weighted by molar-refractivity contribution is -0.147. The second-order valence-electron chi connectivity index (χ2n) is 6.02. The van der Waals surface area contributed by atoms with E-state index in [1.165, 1.54) is 0 Å². The summed E-state index contributed by atoms with van der Waals surface area (Å²) in [4.78, 5) is 12.7. The van der Waals surface area contributed by atoms with E-state index in [2.05, 4.69) is 5.32 Å². The van der Waals surface area contributed by atoms with Crippen molar-refractivity contribution in [3.8, 4) is 0 Å². The molecule has 4 nitrogen and oxygen atoms in total. The van der Waals surface area contributed by atoms with Crippen LogP contribution in [0.2, 0.25) is 0 Å². The van der Waals surface area contributed by atoms with Crippen molar-refractivity contribution >= 4 is 11.7 Å². The molecule has 0 aliphatic heterocycles. The molecule has 1 atom stereocenters. The van der Waals surface area contributed by atoms with Gasteiger partial charge >= 0.3 is 5.97 Å². The van der Waals surface area contributed by atoms with E-state index in [0.29, 0.717) is 12.2 Å². The maximum atomic E-state index is 12.7. The van der Waals surface area contributed by atoms with Crippen molar-refractivity contribution in [3.63, 3.8) is 0 Å². The Morgan fingerprint density at radius 2 is 1.50 bits per heavy atom. The number of rotatable bonds is 7. The zero-order valence-electron chi connectivity index (χ0n) is 14.5. The fourth-order valence-corrected chi connectivity index (χ4v) is 2.70. The molecule has 0 radical (unpaired) electrons. The van der Waals surface area contributed by atoms with Gasteiger partial charge in [-0.2, -0.15) is 0 Å². The molecule has 3 N–H and O–H groups in total. The Bertz CT molecular complexity index is 835. The van der Waals surface area contributed by atoms with Gasteiger partial charge in [0, 0.05) is 17.8 Å². The second-order valence-corrected chi connectivity index (χ2v) is 6.02. The molecular formula is C22H22N2O2. The number of benzene rings is 3. The minimum absolute atomic E-state index is 0.155. The Labute approximate surface area is 153 Å². The highest BCUT2D eigenvalue weighted by Crippen LogP contribution is 2.18. The summed E-state index contributed by atoms with van der Waals surface area (Å²) >= 11 is 0. The first-order valence-corrected chi connectivity index (χ1v) is 8.56. The van der Waals surface area contributed by atoms with Gasteiger partial charge in [0.25, 0.3) is 0 Å². The monoisotopic (exact) mass is 346 g/mol. The van der Waals surface area contributed by atoms with E-state index in [1.54, 1.807) is 6.07 Å². The molecule has 1 unspecified atom stereocenters. The van der Waals surface area contributed by atoms with Crippen LogP contribution in [0.1, 0.15) is 22.7 Å². The van der Waals surface area contributed by atoms with E-state index in [-0.39, 0.29) is 12.6 Å². The molecule has 3 aromatic carbocycles. The lowest BCUT2D eigenvalue weighted by Gasteiger charge is -2.18. The summed E-state index contributed by atoms with van der Waals surface area (Å²) in [5.74, 6) is -0.324. The summed E-state index contributed by atoms with van der Waals surface area (Å²) in [5, 5.41) is 3.30. The van der Waals surface area contributed by atoms with E-state index in [1.807, 2.05) is 78.9 Å². The average Bonchev–Trinajstić information content (AvgIpc) is 2.69. The van der Waals surface area contributed by atoms with Gasteiger partial charge in [-0.05, 0) is 17.2 Å². The molecule has 0 aliphatic rings. The van der Waals surface area contributed by atoms with E-state index in [9.17, 15) is 4.79 Å². The van der Waals surface area contributed by atoms with E-state index >= 15 is 0 Å². The standard InChI is InChI=1S/C22H22N2O2/c23-20-14-8-7-13-19(20)16-26-22(25)21(18-11-5-2-6-12-18)24-15-17-9-3-1-4-10-17/h1-14,21,24H,15-16,23H2. The van der Waals surface area contributed by atoms with Crippen LogP contribution in [0.5, 0.6) is 0 Å². The number of carbonyl (C=O) groups is 1. The Hall–Kier alpha value is -3.11. The van der Waals surface area contributed by atoms with Crippen LogP contribution in [0.3, 0.4) is 0 Å². The first-order chi connectivity index (χ1) is 12.7. The minimum Gasteiger partial charge on any atom is -0.459 e. The fraction of sp³-hybridized carbons (Fsp3) is 0.136. The first kappa shape index (κ1) is 17.7. The zero-order valence-corrected chi connectivity index (χ0v) is 14.5. The number of carbonyl (C=O) groups excluding carboxylic acids is 1. The molecule has 3 aromatic rings. The van der Waals surface area contributed by atoms with Crippen LogP contribution in [0, 0.1) is 0 Å². The highest BCUT2D eigenvalue weighted by atomic mass is 16.5. The van der Waals surface area contributed by atoms with Gasteiger partial charge in [-0.15, -0.1) is 0 Å². The molecule has 0 aliphatic carbocycles. The smallest absolute Gasteiger partial charge is 0.328 e. The molecule has 0 bridgehead atoms. The number of ether oxygens (including phenoxy) is 1. The predicted octanol–water partition coefficient (Wildman–Crippen LogP) is 3.84. The van der Waals surface area contributed by atoms with Gasteiger partial charge in [0.05, 0.1) is 0 Å². The quantitative estimate of drug-likeness (QED) is 0.504. The average molecular weight is 346 g/mol. The van der Waals surface area contributed by atoms with Gasteiger partial charge in [-0.25, -0.2) is 4.79 Å². The molecule has 132 valence electrons. The van der Waals surface area contributed by atoms with Crippen LogP contribution in [-0.2, 0) is 22.7 Å². The van der Waals surface area contributed by atoms with Crippen molar-refractivity contribution < 1.29 is 9.53 Å². The first-order valence-electron chi connectivity index (χ1n) is 8.56. The Kier molecular flexibility index (Phi) is 6.01. The number of nitrogens with one attached hydrogen (secondary N) is 1. The molecule has 0 saturated carbocycles. The van der Waals surface area contributed by atoms with Crippen LogP contribution in [0.25, 0.3) is 0 Å². The molecule has 0 aromatic heterocycles. The predicted molar refractivity (Wildman–Crippen MR) is 103 cm³/mol. The lowest BCUT2D eigenvalue weighted by Crippen LogP contribution is -2.30. The Morgan fingerprint density at radius 1 is 0.885 bits per heavy atom. The van der Waals surface area contributed by atoms with Crippen LogP contribution < -0.4 is 11.1 Å². The minimum atomic E-state index is -0.540. The highest BCUT2D eigenvalue weighted by molar-refractivity contribution is 5.77. The third-order valence-corrected chi connectivity index (χ3v) is 4.15. The number of esters is 1. The number of anilines is 1. The summed E-state index contributed by atoms with van der Waals surface area (Å²) in [6.45, 7) is 0.727. The van der Waals surface area contributed by atoms with Crippen molar-refractivity contribution in [2.45, 2.75) is 19.2 Å². The van der Waals surface area contributed by atoms with Gasteiger partial charge in [-0.3, -0.25) is 5.32 Å². The Morgan fingerprint density at radius 3 is 2.19 bits per heavy atom. The molecule has 3 rings (SSSR count). The maximum absolute atomic E-state index is 12.7. The molecule has 0 amide bonds. The number of nitrogens with two attached hydrogens (primary N) is 1. The van der Waals surface area contributed by atoms with Gasteiger partial charge < -0.3 is 10.5 Å². The third-order valence-electron chi connectivity index (χ3n) is 4.15. The van der Waals surface area contributed by atoms with Gasteiger partial charge in [-0.1, -0.05) is 78.9 Å². The lowest BCUT2D eigenvalue weighted by atomic mass is 10.1. The second kappa shape index (κ2) is 8.83. The fourth-order valence-electron chi connectivity index (χ4n) is 2.70. The van der Waals surface area contributed by atoms with Crippen LogP contribution in [0.4, 0.5) is 5.69 Å². The highest BCUT2D eigenvalue weighted by Gasteiger charge is 2.21. The summed E-state index contributed by atoms with van der Waals surface area (Å²) in [7, 11) is 0. The number of para-hydroxylation sites is 1. The van der Waals surface area contributed by atoms with Crippen LogP contribution in [-0.4, -0.2) is 5.97 Å². The van der Waals surface area contributed by atoms with Gasteiger partial charge in [0.15, 0.2) is 0 Å².